The van der Waals surface area contributed by atoms with Crippen LogP contribution < -0.4 is 9.47 Å². The minimum Gasteiger partial charge on any atom is -0.468 e. The zero-order valence-electron chi connectivity index (χ0n) is 14.2. The number of benzene rings is 2. The zero-order chi connectivity index (χ0) is 19.0. The summed E-state index contributed by atoms with van der Waals surface area (Å²) in [7, 11) is 1.56. The number of methoxy groups -OCH3 is 1. The van der Waals surface area contributed by atoms with Crippen molar-refractivity contribution in [2.45, 2.75) is 19.9 Å². The van der Waals surface area contributed by atoms with E-state index >= 15 is 0 Å². The van der Waals surface area contributed by atoms with E-state index < -0.39 is 4.92 Å². The number of hydrogen-bond donors (Lipinski definition) is 0. The molecule has 0 radical (unpaired) electrons. The smallest absolute Gasteiger partial charge is 0.297 e. The molecule has 2 aromatic carbocycles. The highest BCUT2D eigenvalue weighted by molar-refractivity contribution is 6.37. The number of imidazole rings is 1. The van der Waals surface area contributed by atoms with Crippen LogP contribution in [0.3, 0.4) is 0 Å². The highest BCUT2D eigenvalue weighted by atomic mass is 35.5. The van der Waals surface area contributed by atoms with Crippen molar-refractivity contribution in [3.8, 4) is 17.5 Å². The first kappa shape index (κ1) is 18.3. The molecule has 3 rings (SSSR count). The Balaban J connectivity index is 2.05. The second-order valence-electron chi connectivity index (χ2n) is 5.81. The van der Waals surface area contributed by atoms with E-state index in [1.165, 1.54) is 12.1 Å². The minimum atomic E-state index is -0.568. The maximum atomic E-state index is 10.9. The summed E-state index contributed by atoms with van der Waals surface area (Å²) < 4.78 is 13.1. The minimum absolute atomic E-state index is 0.0549. The molecular formula is C17H15Cl2N3O4. The Morgan fingerprint density at radius 2 is 1.85 bits per heavy atom. The zero-order valence-corrected chi connectivity index (χ0v) is 15.7. The second kappa shape index (κ2) is 7.01. The molecule has 0 N–H and O–H groups in total. The topological polar surface area (TPSA) is 79.4 Å². The first-order chi connectivity index (χ1) is 12.3. The summed E-state index contributed by atoms with van der Waals surface area (Å²) in [6.45, 7) is 4.03. The van der Waals surface area contributed by atoms with Gasteiger partial charge in [-0.15, -0.1) is 0 Å². The van der Waals surface area contributed by atoms with Gasteiger partial charge in [-0.05, 0) is 26.0 Å². The third-order valence-corrected chi connectivity index (χ3v) is 4.30. The average Bonchev–Trinajstić information content (AvgIpc) is 2.95. The van der Waals surface area contributed by atoms with E-state index in [9.17, 15) is 10.1 Å². The Hall–Kier alpha value is -2.51. The van der Waals surface area contributed by atoms with Gasteiger partial charge in [-0.1, -0.05) is 23.2 Å². The Morgan fingerprint density at radius 1 is 1.19 bits per heavy atom. The molecule has 0 spiro atoms. The van der Waals surface area contributed by atoms with E-state index in [4.69, 9.17) is 32.7 Å². The number of nitro benzene ring substituents is 1. The molecule has 0 atom stereocenters. The van der Waals surface area contributed by atoms with E-state index in [0.717, 1.165) is 11.0 Å². The number of aromatic nitrogens is 2. The number of fused-ring (bicyclic) bond motifs is 1. The molecule has 136 valence electrons. The summed E-state index contributed by atoms with van der Waals surface area (Å²) in [6.07, 6.45) is 0. The van der Waals surface area contributed by atoms with E-state index in [0.29, 0.717) is 11.8 Å². The number of nitrogens with zero attached hydrogens (tertiary/aromatic N) is 3. The van der Waals surface area contributed by atoms with Crippen LogP contribution in [-0.2, 0) is 0 Å². The van der Waals surface area contributed by atoms with Gasteiger partial charge < -0.3 is 9.47 Å². The van der Waals surface area contributed by atoms with Crippen LogP contribution in [0.2, 0.25) is 10.0 Å². The normalized spacial score (nSPS) is 11.2. The summed E-state index contributed by atoms with van der Waals surface area (Å²) in [5.41, 5.74) is 1.37. The third kappa shape index (κ3) is 3.27. The predicted octanol–water partition coefficient (Wildman–Crippen LogP) is 5.63. The van der Waals surface area contributed by atoms with E-state index in [2.05, 4.69) is 4.98 Å². The lowest BCUT2D eigenvalue weighted by Crippen LogP contribution is -2.03. The Bertz CT molecular complexity index is 978. The molecular weight excluding hydrogens is 381 g/mol. The van der Waals surface area contributed by atoms with Gasteiger partial charge in [0.05, 0.1) is 33.1 Å². The SMILES string of the molecule is COc1nc2ccc(Oc3c(Cl)cc([N+](=O)[O-])cc3Cl)cc2n1C(C)C. The van der Waals surface area contributed by atoms with Crippen LogP contribution in [0.15, 0.2) is 30.3 Å². The Kier molecular flexibility index (Phi) is 4.93. The molecule has 0 unspecified atom stereocenters. The summed E-state index contributed by atoms with van der Waals surface area (Å²) >= 11 is 12.2. The van der Waals surface area contributed by atoms with Crippen molar-refractivity contribution in [2.24, 2.45) is 0 Å². The molecule has 0 aliphatic rings. The maximum Gasteiger partial charge on any atom is 0.297 e. The van der Waals surface area contributed by atoms with E-state index in [-0.39, 0.29) is 27.5 Å². The highest BCUT2D eigenvalue weighted by Gasteiger charge is 2.18. The number of ether oxygens (including phenoxy) is 2. The number of rotatable bonds is 5. The fourth-order valence-electron chi connectivity index (χ4n) is 2.62. The van der Waals surface area contributed by atoms with Crippen LogP contribution in [0.25, 0.3) is 11.0 Å². The second-order valence-corrected chi connectivity index (χ2v) is 6.62. The van der Waals surface area contributed by atoms with Crippen LogP contribution in [0, 0.1) is 10.1 Å². The number of non-ortho nitro benzene ring substituents is 1. The van der Waals surface area contributed by atoms with Gasteiger partial charge in [0.2, 0.25) is 0 Å². The lowest BCUT2D eigenvalue weighted by Gasteiger charge is -2.13. The quantitative estimate of drug-likeness (QED) is 0.412. The number of hydrogen-bond acceptors (Lipinski definition) is 5. The standard InChI is InChI=1S/C17H15Cl2N3O4/c1-9(2)21-15-8-11(4-5-14(15)20-17(21)25-3)26-16-12(18)6-10(22(23)24)7-13(16)19/h4-9H,1-3H3. The molecule has 0 saturated carbocycles. The lowest BCUT2D eigenvalue weighted by atomic mass is 10.2. The van der Waals surface area contributed by atoms with Crippen LogP contribution in [-0.4, -0.2) is 21.6 Å². The molecule has 0 saturated heterocycles. The van der Waals surface area contributed by atoms with E-state index in [1.54, 1.807) is 25.3 Å². The van der Waals surface area contributed by atoms with Crippen LogP contribution >= 0.6 is 23.2 Å². The molecule has 0 fully saturated rings. The van der Waals surface area contributed by atoms with Gasteiger partial charge in [0.1, 0.15) is 5.75 Å². The van der Waals surface area contributed by atoms with Crippen molar-refractivity contribution in [1.82, 2.24) is 9.55 Å². The van der Waals surface area contributed by atoms with Gasteiger partial charge in [-0.3, -0.25) is 14.7 Å². The van der Waals surface area contributed by atoms with Crippen molar-refractivity contribution < 1.29 is 14.4 Å². The van der Waals surface area contributed by atoms with Crippen LogP contribution in [0.1, 0.15) is 19.9 Å². The van der Waals surface area contributed by atoms with Crippen molar-refractivity contribution in [1.29, 1.82) is 0 Å². The fourth-order valence-corrected chi connectivity index (χ4v) is 3.18. The molecule has 0 aliphatic heterocycles. The molecule has 1 heterocycles. The molecule has 9 heteroatoms. The Morgan fingerprint density at radius 3 is 2.38 bits per heavy atom. The van der Waals surface area contributed by atoms with Gasteiger partial charge in [-0.2, -0.15) is 4.98 Å². The first-order valence-corrected chi connectivity index (χ1v) is 8.44. The summed E-state index contributed by atoms with van der Waals surface area (Å²) in [4.78, 5) is 14.7. The van der Waals surface area contributed by atoms with Gasteiger partial charge in [0, 0.05) is 24.2 Å². The highest BCUT2D eigenvalue weighted by Crippen LogP contribution is 2.40. The van der Waals surface area contributed by atoms with Crippen molar-refractivity contribution in [3.05, 3.63) is 50.5 Å². The number of nitro groups is 1. The van der Waals surface area contributed by atoms with Crippen molar-refractivity contribution in [2.75, 3.05) is 7.11 Å². The molecule has 0 amide bonds. The molecule has 0 bridgehead atoms. The molecule has 0 aliphatic carbocycles. The summed E-state index contributed by atoms with van der Waals surface area (Å²) in [5, 5.41) is 11.0. The fraction of sp³-hybridized carbons (Fsp3) is 0.235. The lowest BCUT2D eigenvalue weighted by molar-refractivity contribution is -0.384. The van der Waals surface area contributed by atoms with Gasteiger partial charge in [0.25, 0.3) is 11.7 Å². The molecule has 7 nitrogen and oxygen atoms in total. The molecule has 26 heavy (non-hydrogen) atoms. The van der Waals surface area contributed by atoms with Crippen molar-refractivity contribution in [3.63, 3.8) is 0 Å². The van der Waals surface area contributed by atoms with Crippen LogP contribution in [0.5, 0.6) is 17.5 Å². The summed E-state index contributed by atoms with van der Waals surface area (Å²) in [6, 6.07) is 8.31. The maximum absolute atomic E-state index is 10.9. The van der Waals surface area contributed by atoms with Gasteiger partial charge in [0.15, 0.2) is 5.75 Å². The van der Waals surface area contributed by atoms with Gasteiger partial charge >= 0.3 is 0 Å². The number of halogens is 2. The molecule has 3 aromatic rings. The van der Waals surface area contributed by atoms with Gasteiger partial charge in [-0.25, -0.2) is 0 Å². The summed E-state index contributed by atoms with van der Waals surface area (Å²) in [5.74, 6) is 0.625. The average molecular weight is 396 g/mol. The molecule has 1 aromatic heterocycles. The van der Waals surface area contributed by atoms with E-state index in [1.807, 2.05) is 18.4 Å². The monoisotopic (exact) mass is 395 g/mol. The largest absolute Gasteiger partial charge is 0.468 e. The first-order valence-electron chi connectivity index (χ1n) is 7.69. The third-order valence-electron chi connectivity index (χ3n) is 3.74. The van der Waals surface area contributed by atoms with Crippen LogP contribution in [0.4, 0.5) is 5.69 Å². The van der Waals surface area contributed by atoms with Crippen molar-refractivity contribution >= 4 is 39.9 Å². The predicted molar refractivity (Wildman–Crippen MR) is 99.9 cm³/mol. The Labute approximate surface area is 159 Å².